The van der Waals surface area contributed by atoms with Gasteiger partial charge in [-0.2, -0.15) is 0 Å². The van der Waals surface area contributed by atoms with Crippen molar-refractivity contribution < 1.29 is 52.3 Å². The molecule has 10 atom stereocenters. The zero-order valence-corrected chi connectivity index (χ0v) is 23.2. The molecule has 0 aromatic rings. The molecule has 0 saturated carbocycles. The molecule has 200 valence electrons. The zero-order valence-electron chi connectivity index (χ0n) is 21.1. The van der Waals surface area contributed by atoms with Gasteiger partial charge in [0.15, 0.2) is 18.5 Å². The largest absolute Gasteiger partial charge is 0.463 e. The molecule has 0 radical (unpaired) electrons. The molecule has 2 rings (SSSR count). The van der Waals surface area contributed by atoms with E-state index in [1.54, 1.807) is 6.92 Å². The van der Waals surface area contributed by atoms with Gasteiger partial charge in [0, 0.05) is 44.0 Å². The zero-order chi connectivity index (χ0) is 26.4. The minimum Gasteiger partial charge on any atom is -0.463 e. The van der Waals surface area contributed by atoms with Crippen LogP contribution < -0.4 is 0 Å². The molecule has 35 heavy (non-hydrogen) atoms. The molecule has 0 aromatic heterocycles. The fourth-order valence-electron chi connectivity index (χ4n) is 4.31. The van der Waals surface area contributed by atoms with Crippen LogP contribution in [0.1, 0.15) is 48.5 Å². The van der Waals surface area contributed by atoms with Crippen molar-refractivity contribution in [2.75, 3.05) is 11.0 Å². The summed E-state index contributed by atoms with van der Waals surface area (Å²) in [5.74, 6) is -2.81. The van der Waals surface area contributed by atoms with Crippen LogP contribution in [-0.2, 0) is 52.3 Å². The van der Waals surface area contributed by atoms with Crippen LogP contribution in [0.4, 0.5) is 0 Å². The highest BCUT2D eigenvalue weighted by atomic mass is 127. The van der Waals surface area contributed by atoms with E-state index < -0.39 is 66.8 Å². The number of carbonyl (C=O) groups excluding carboxylic acids is 4. The molecule has 2 heterocycles. The first-order valence-electron chi connectivity index (χ1n) is 11.5. The second-order valence-corrected chi connectivity index (χ2v) is 9.86. The summed E-state index contributed by atoms with van der Waals surface area (Å²) in [6.07, 6.45) is -5.77. The maximum atomic E-state index is 11.9. The lowest BCUT2D eigenvalue weighted by Crippen LogP contribution is -2.61. The molecule has 0 spiro atoms. The summed E-state index contributed by atoms with van der Waals surface area (Å²) in [5, 5.41) is 0. The molecule has 11 nitrogen and oxygen atoms in total. The van der Waals surface area contributed by atoms with Crippen molar-refractivity contribution in [1.82, 2.24) is 0 Å². The van der Waals surface area contributed by atoms with E-state index in [1.807, 2.05) is 13.8 Å². The van der Waals surface area contributed by atoms with E-state index in [0.717, 1.165) is 0 Å². The van der Waals surface area contributed by atoms with Crippen LogP contribution in [0.25, 0.3) is 0 Å². The van der Waals surface area contributed by atoms with Crippen LogP contribution >= 0.6 is 22.6 Å². The number of esters is 4. The summed E-state index contributed by atoms with van der Waals surface area (Å²) < 4.78 is 40.6. The van der Waals surface area contributed by atoms with Gasteiger partial charge in [-0.05, 0) is 5.92 Å². The van der Waals surface area contributed by atoms with Crippen molar-refractivity contribution in [2.45, 2.75) is 91.6 Å². The Kier molecular flexibility index (Phi) is 11.2. The van der Waals surface area contributed by atoms with Gasteiger partial charge < -0.3 is 33.2 Å². The molecule has 12 heteroatoms. The van der Waals surface area contributed by atoms with E-state index >= 15 is 0 Å². The normalized spacial score (nSPS) is 37.1. The number of hydrogen-bond donors (Lipinski definition) is 0. The number of hydrogen-bond acceptors (Lipinski definition) is 11. The van der Waals surface area contributed by atoms with Gasteiger partial charge in [-0.1, -0.05) is 43.4 Å². The van der Waals surface area contributed by atoms with Gasteiger partial charge in [-0.3, -0.25) is 19.2 Å². The Bertz CT molecular complexity index is 773. The topological polar surface area (TPSA) is 133 Å². The van der Waals surface area contributed by atoms with Crippen LogP contribution in [0.3, 0.4) is 0 Å². The first-order chi connectivity index (χ1) is 16.3. The predicted molar refractivity (Wildman–Crippen MR) is 128 cm³/mol. The second kappa shape index (κ2) is 13.2. The standard InChI is InChI=1S/C23H35IO11/c1-10-11(2)20(30-14(5)26)23(33-17(10)8-24)35-19-12(3)21(31-15(6)27)22(32-16(7)28)34-18(19)9-29-13(4)25/h10-12,17-23H,8-9H2,1-7H3. The number of halogens is 1. The van der Waals surface area contributed by atoms with E-state index in [4.69, 9.17) is 33.2 Å². The summed E-state index contributed by atoms with van der Waals surface area (Å²) in [6.45, 7) is 10.5. The Hall–Kier alpha value is -1.51. The van der Waals surface area contributed by atoms with Gasteiger partial charge in [0.1, 0.15) is 12.7 Å². The monoisotopic (exact) mass is 614 g/mol. The minimum atomic E-state index is -1.23. The van der Waals surface area contributed by atoms with Crippen LogP contribution in [0.5, 0.6) is 0 Å². The molecule has 0 amide bonds. The molecule has 2 aliphatic heterocycles. The lowest BCUT2D eigenvalue weighted by atomic mass is 9.83. The van der Waals surface area contributed by atoms with Gasteiger partial charge in [0.25, 0.3) is 0 Å². The van der Waals surface area contributed by atoms with Crippen LogP contribution in [-0.4, -0.2) is 78.0 Å². The quantitative estimate of drug-likeness (QED) is 0.172. The maximum absolute atomic E-state index is 11.9. The van der Waals surface area contributed by atoms with E-state index in [0.29, 0.717) is 4.43 Å². The Morgan fingerprint density at radius 3 is 1.66 bits per heavy atom. The fourth-order valence-corrected chi connectivity index (χ4v) is 5.32. The first-order valence-corrected chi connectivity index (χ1v) is 13.1. The van der Waals surface area contributed by atoms with Crippen LogP contribution in [0, 0.1) is 17.8 Å². The number of ether oxygens (including phenoxy) is 7. The predicted octanol–water partition coefficient (Wildman–Crippen LogP) is 2.15. The summed E-state index contributed by atoms with van der Waals surface area (Å²) >= 11 is 2.23. The molecule has 2 saturated heterocycles. The summed E-state index contributed by atoms with van der Waals surface area (Å²) in [5.41, 5.74) is 0. The van der Waals surface area contributed by atoms with Crippen molar-refractivity contribution in [3.8, 4) is 0 Å². The van der Waals surface area contributed by atoms with Crippen LogP contribution in [0.15, 0.2) is 0 Å². The SMILES string of the molecule is CC(=O)OCC1OC(OC(C)=O)C(OC(C)=O)C(C)C1OC1OC(CI)C(C)C(C)C1OC(C)=O. The highest BCUT2D eigenvalue weighted by molar-refractivity contribution is 14.1. The lowest BCUT2D eigenvalue weighted by Gasteiger charge is -2.48. The van der Waals surface area contributed by atoms with Crippen molar-refractivity contribution >= 4 is 46.5 Å². The number of rotatable bonds is 8. The third-order valence-corrected chi connectivity index (χ3v) is 7.14. The van der Waals surface area contributed by atoms with E-state index in [2.05, 4.69) is 22.6 Å². The molecule has 10 unspecified atom stereocenters. The second-order valence-electron chi connectivity index (χ2n) is 8.98. The Morgan fingerprint density at radius 2 is 1.17 bits per heavy atom. The Balaban J connectivity index is 2.39. The number of carbonyl (C=O) groups is 4. The Morgan fingerprint density at radius 1 is 0.657 bits per heavy atom. The third-order valence-electron chi connectivity index (χ3n) is 6.27. The van der Waals surface area contributed by atoms with E-state index in [1.165, 1.54) is 27.7 Å². The minimum absolute atomic E-state index is 0.0813. The molecule has 0 aromatic carbocycles. The Labute approximate surface area is 218 Å². The summed E-state index contributed by atoms with van der Waals surface area (Å²) in [7, 11) is 0. The molecular weight excluding hydrogens is 579 g/mol. The molecular formula is C23H35IO11. The van der Waals surface area contributed by atoms with Gasteiger partial charge >= 0.3 is 23.9 Å². The smallest absolute Gasteiger partial charge is 0.305 e. The van der Waals surface area contributed by atoms with E-state index in [9.17, 15) is 19.2 Å². The lowest BCUT2D eigenvalue weighted by molar-refractivity contribution is -0.337. The van der Waals surface area contributed by atoms with Crippen molar-refractivity contribution in [3.05, 3.63) is 0 Å². The molecule has 0 N–H and O–H groups in total. The third kappa shape index (κ3) is 7.99. The number of alkyl halides is 1. The first kappa shape index (κ1) is 29.7. The molecule has 0 bridgehead atoms. The average Bonchev–Trinajstić information content (AvgIpc) is 2.75. The van der Waals surface area contributed by atoms with Crippen molar-refractivity contribution in [3.63, 3.8) is 0 Å². The van der Waals surface area contributed by atoms with Gasteiger partial charge in [0.05, 0.1) is 12.2 Å². The molecule has 2 aliphatic rings. The van der Waals surface area contributed by atoms with Gasteiger partial charge in [-0.25, -0.2) is 0 Å². The van der Waals surface area contributed by atoms with Gasteiger partial charge in [-0.15, -0.1) is 0 Å². The summed E-state index contributed by atoms with van der Waals surface area (Å²) in [6, 6.07) is 0. The van der Waals surface area contributed by atoms with E-state index in [-0.39, 0.29) is 24.5 Å². The van der Waals surface area contributed by atoms with Gasteiger partial charge in [0.2, 0.25) is 6.29 Å². The maximum Gasteiger partial charge on any atom is 0.305 e. The molecule has 0 aliphatic carbocycles. The average molecular weight is 614 g/mol. The van der Waals surface area contributed by atoms with Crippen molar-refractivity contribution in [1.29, 1.82) is 0 Å². The molecule has 2 fully saturated rings. The highest BCUT2D eigenvalue weighted by Crippen LogP contribution is 2.38. The highest BCUT2D eigenvalue weighted by Gasteiger charge is 2.52. The fraction of sp³-hybridized carbons (Fsp3) is 0.826. The van der Waals surface area contributed by atoms with Crippen LogP contribution in [0.2, 0.25) is 0 Å². The van der Waals surface area contributed by atoms with Crippen molar-refractivity contribution in [2.24, 2.45) is 17.8 Å². The summed E-state index contributed by atoms with van der Waals surface area (Å²) in [4.78, 5) is 46.8.